The Morgan fingerprint density at radius 2 is 1.92 bits per heavy atom. The molecule has 1 aliphatic rings. The molecule has 2 amide bonds. The highest BCUT2D eigenvalue weighted by atomic mass is 35.5. The molecule has 0 radical (unpaired) electrons. The molecule has 130 valence electrons. The van der Waals surface area contributed by atoms with E-state index in [0.717, 1.165) is 5.56 Å². The number of likely N-dealkylation sites (tertiary alicyclic amines) is 1. The Bertz CT molecular complexity index is 811. The monoisotopic (exact) mass is 380 g/mol. The number of carbonyl (C=O) groups excluding carboxylic acids is 2. The Kier molecular flexibility index (Phi) is 5.25. The van der Waals surface area contributed by atoms with Gasteiger partial charge in [-0.25, -0.2) is 4.39 Å². The SMILES string of the molecule is O=C(Nc1ccc(Cl)cc1Cl)[C@H]1CC(=O)N(Cc2ccc(F)cc2)C1. The lowest BCUT2D eigenvalue weighted by Crippen LogP contribution is -2.28. The summed E-state index contributed by atoms with van der Waals surface area (Å²) >= 11 is 11.9. The Morgan fingerprint density at radius 3 is 2.60 bits per heavy atom. The second-order valence-electron chi connectivity index (χ2n) is 5.92. The van der Waals surface area contributed by atoms with Gasteiger partial charge in [-0.3, -0.25) is 9.59 Å². The van der Waals surface area contributed by atoms with Gasteiger partial charge in [0.1, 0.15) is 5.82 Å². The van der Waals surface area contributed by atoms with Crippen LogP contribution < -0.4 is 5.32 Å². The molecule has 1 saturated heterocycles. The van der Waals surface area contributed by atoms with Gasteiger partial charge in [0.15, 0.2) is 0 Å². The molecule has 0 spiro atoms. The molecule has 25 heavy (non-hydrogen) atoms. The summed E-state index contributed by atoms with van der Waals surface area (Å²) in [5.74, 6) is -1.15. The van der Waals surface area contributed by atoms with Gasteiger partial charge in [-0.05, 0) is 35.9 Å². The van der Waals surface area contributed by atoms with Crippen LogP contribution in [0.3, 0.4) is 0 Å². The molecule has 2 aromatic rings. The van der Waals surface area contributed by atoms with Gasteiger partial charge in [0.2, 0.25) is 11.8 Å². The summed E-state index contributed by atoms with van der Waals surface area (Å²) in [4.78, 5) is 26.2. The fourth-order valence-electron chi connectivity index (χ4n) is 2.74. The Morgan fingerprint density at radius 1 is 1.20 bits per heavy atom. The Hall–Kier alpha value is -2.11. The van der Waals surface area contributed by atoms with Crippen molar-refractivity contribution in [1.29, 1.82) is 0 Å². The highest BCUT2D eigenvalue weighted by Crippen LogP contribution is 2.27. The van der Waals surface area contributed by atoms with E-state index in [0.29, 0.717) is 28.8 Å². The molecule has 3 rings (SSSR count). The van der Waals surface area contributed by atoms with Crippen LogP contribution in [-0.4, -0.2) is 23.3 Å². The van der Waals surface area contributed by atoms with E-state index in [1.807, 2.05) is 0 Å². The Balaban J connectivity index is 1.63. The fraction of sp³-hybridized carbons (Fsp3) is 0.222. The first-order valence-electron chi connectivity index (χ1n) is 7.70. The van der Waals surface area contributed by atoms with Crippen molar-refractivity contribution in [2.24, 2.45) is 5.92 Å². The average molecular weight is 381 g/mol. The van der Waals surface area contributed by atoms with Crippen LogP contribution in [-0.2, 0) is 16.1 Å². The van der Waals surface area contributed by atoms with Crippen molar-refractivity contribution in [2.75, 3.05) is 11.9 Å². The van der Waals surface area contributed by atoms with Crippen LogP contribution >= 0.6 is 23.2 Å². The number of halogens is 3. The predicted octanol–water partition coefficient (Wildman–Crippen LogP) is 4.12. The molecular formula is C18H15Cl2FN2O2. The lowest BCUT2D eigenvalue weighted by Gasteiger charge is -2.17. The van der Waals surface area contributed by atoms with Gasteiger partial charge in [-0.2, -0.15) is 0 Å². The van der Waals surface area contributed by atoms with Crippen molar-refractivity contribution in [1.82, 2.24) is 4.90 Å². The number of anilines is 1. The minimum atomic E-state index is -0.459. The van der Waals surface area contributed by atoms with Crippen LogP contribution in [0.4, 0.5) is 10.1 Å². The molecular weight excluding hydrogens is 366 g/mol. The highest BCUT2D eigenvalue weighted by Gasteiger charge is 2.34. The van der Waals surface area contributed by atoms with Crippen molar-refractivity contribution < 1.29 is 14.0 Å². The molecule has 1 atom stereocenters. The molecule has 1 heterocycles. The topological polar surface area (TPSA) is 49.4 Å². The van der Waals surface area contributed by atoms with E-state index in [-0.39, 0.29) is 24.1 Å². The third-order valence-corrected chi connectivity index (χ3v) is 4.61. The van der Waals surface area contributed by atoms with E-state index < -0.39 is 5.92 Å². The standard InChI is InChI=1S/C18H15Cl2FN2O2/c19-13-3-6-16(15(20)8-13)22-18(25)12-7-17(24)23(10-12)9-11-1-4-14(21)5-2-11/h1-6,8,12H,7,9-10H2,(H,22,25)/t12-/m0/s1. The number of benzene rings is 2. The molecule has 0 unspecified atom stereocenters. The van der Waals surface area contributed by atoms with Crippen LogP contribution in [0.25, 0.3) is 0 Å². The van der Waals surface area contributed by atoms with Gasteiger partial charge < -0.3 is 10.2 Å². The lowest BCUT2D eigenvalue weighted by atomic mass is 10.1. The highest BCUT2D eigenvalue weighted by molar-refractivity contribution is 6.36. The van der Waals surface area contributed by atoms with Crippen molar-refractivity contribution in [3.8, 4) is 0 Å². The van der Waals surface area contributed by atoms with Gasteiger partial charge in [0, 0.05) is 24.5 Å². The van der Waals surface area contributed by atoms with Crippen LogP contribution in [0.15, 0.2) is 42.5 Å². The van der Waals surface area contributed by atoms with Crippen LogP contribution in [0.5, 0.6) is 0 Å². The van der Waals surface area contributed by atoms with E-state index in [2.05, 4.69) is 5.32 Å². The van der Waals surface area contributed by atoms with E-state index in [1.54, 1.807) is 35.2 Å². The zero-order valence-corrected chi connectivity index (χ0v) is 14.6. The number of rotatable bonds is 4. The third kappa shape index (κ3) is 4.30. The molecule has 0 bridgehead atoms. The zero-order valence-electron chi connectivity index (χ0n) is 13.1. The van der Waals surface area contributed by atoms with Gasteiger partial charge in [0.05, 0.1) is 16.6 Å². The minimum Gasteiger partial charge on any atom is -0.338 e. The molecule has 1 fully saturated rings. The molecule has 1 N–H and O–H groups in total. The van der Waals surface area contributed by atoms with Gasteiger partial charge in [-0.1, -0.05) is 35.3 Å². The maximum atomic E-state index is 13.0. The number of nitrogens with zero attached hydrogens (tertiary/aromatic N) is 1. The summed E-state index contributed by atoms with van der Waals surface area (Å²) in [7, 11) is 0. The number of hydrogen-bond donors (Lipinski definition) is 1. The smallest absolute Gasteiger partial charge is 0.229 e. The largest absolute Gasteiger partial charge is 0.338 e. The first-order valence-corrected chi connectivity index (χ1v) is 8.46. The predicted molar refractivity (Wildman–Crippen MR) is 95.0 cm³/mol. The number of hydrogen-bond acceptors (Lipinski definition) is 2. The van der Waals surface area contributed by atoms with Crippen LogP contribution in [0.1, 0.15) is 12.0 Å². The van der Waals surface area contributed by atoms with E-state index in [9.17, 15) is 14.0 Å². The quantitative estimate of drug-likeness (QED) is 0.866. The second-order valence-corrected chi connectivity index (χ2v) is 6.76. The molecule has 2 aromatic carbocycles. The summed E-state index contributed by atoms with van der Waals surface area (Å²) < 4.78 is 13.0. The summed E-state index contributed by atoms with van der Waals surface area (Å²) in [6, 6.07) is 10.7. The number of nitrogens with one attached hydrogen (secondary N) is 1. The van der Waals surface area contributed by atoms with Gasteiger partial charge in [0.25, 0.3) is 0 Å². The average Bonchev–Trinajstić information content (AvgIpc) is 2.93. The summed E-state index contributed by atoms with van der Waals surface area (Å²) in [5, 5.41) is 3.55. The third-order valence-electron chi connectivity index (χ3n) is 4.06. The second kappa shape index (κ2) is 7.42. The molecule has 0 saturated carbocycles. The van der Waals surface area contributed by atoms with E-state index in [1.165, 1.54) is 12.1 Å². The van der Waals surface area contributed by atoms with Gasteiger partial charge >= 0.3 is 0 Å². The summed E-state index contributed by atoms with van der Waals surface area (Å²) in [6.07, 6.45) is 0.137. The molecule has 4 nitrogen and oxygen atoms in total. The fourth-order valence-corrected chi connectivity index (χ4v) is 3.19. The number of amides is 2. The Labute approximate surface area is 154 Å². The number of carbonyl (C=O) groups is 2. The first kappa shape index (κ1) is 17.7. The molecule has 0 aromatic heterocycles. The van der Waals surface area contributed by atoms with Gasteiger partial charge in [-0.15, -0.1) is 0 Å². The van der Waals surface area contributed by atoms with Crippen LogP contribution in [0.2, 0.25) is 10.0 Å². The van der Waals surface area contributed by atoms with Crippen molar-refractivity contribution in [2.45, 2.75) is 13.0 Å². The molecule has 0 aliphatic carbocycles. The van der Waals surface area contributed by atoms with Crippen LogP contribution in [0, 0.1) is 11.7 Å². The first-order chi connectivity index (χ1) is 11.9. The summed E-state index contributed by atoms with van der Waals surface area (Å²) in [6.45, 7) is 0.665. The zero-order chi connectivity index (χ0) is 18.0. The normalized spacial score (nSPS) is 17.0. The molecule has 1 aliphatic heterocycles. The molecule has 7 heteroatoms. The maximum Gasteiger partial charge on any atom is 0.229 e. The van der Waals surface area contributed by atoms with Crippen molar-refractivity contribution in [3.05, 3.63) is 63.9 Å². The minimum absolute atomic E-state index is 0.105. The maximum absolute atomic E-state index is 13.0. The van der Waals surface area contributed by atoms with E-state index in [4.69, 9.17) is 23.2 Å². The van der Waals surface area contributed by atoms with Crippen molar-refractivity contribution >= 4 is 40.7 Å². The summed E-state index contributed by atoms with van der Waals surface area (Å²) in [5.41, 5.74) is 1.28. The van der Waals surface area contributed by atoms with E-state index >= 15 is 0 Å². The lowest BCUT2D eigenvalue weighted by molar-refractivity contribution is -0.128. The van der Waals surface area contributed by atoms with Crippen molar-refractivity contribution in [3.63, 3.8) is 0 Å².